The SMILES string of the molecule is CN1CCCN1N1CCCN1. The van der Waals surface area contributed by atoms with Crippen LogP contribution in [0.3, 0.4) is 0 Å². The highest BCUT2D eigenvalue weighted by atomic mass is 16.0. The first-order valence-electron chi connectivity index (χ1n) is 4.37. The zero-order valence-electron chi connectivity index (χ0n) is 7.08. The highest BCUT2D eigenvalue weighted by Crippen LogP contribution is 2.11. The van der Waals surface area contributed by atoms with E-state index in [1.807, 2.05) is 0 Å². The number of nitrogens with zero attached hydrogens (tertiary/aromatic N) is 3. The summed E-state index contributed by atoms with van der Waals surface area (Å²) in [7, 11) is 2.15. The van der Waals surface area contributed by atoms with Gasteiger partial charge in [-0.15, -0.1) is 0 Å². The number of hydrazine groups is 3. The summed E-state index contributed by atoms with van der Waals surface area (Å²) >= 11 is 0. The van der Waals surface area contributed by atoms with Crippen LogP contribution in [-0.4, -0.2) is 48.5 Å². The first kappa shape index (κ1) is 7.49. The van der Waals surface area contributed by atoms with Gasteiger partial charge in [0.05, 0.1) is 0 Å². The summed E-state index contributed by atoms with van der Waals surface area (Å²) in [5.41, 5.74) is 3.35. The Kier molecular flexibility index (Phi) is 2.09. The van der Waals surface area contributed by atoms with Crippen molar-refractivity contribution in [3.05, 3.63) is 0 Å². The summed E-state index contributed by atoms with van der Waals surface area (Å²) in [5, 5.41) is 6.80. The highest BCUT2D eigenvalue weighted by Gasteiger charge is 2.25. The molecule has 4 heteroatoms. The van der Waals surface area contributed by atoms with E-state index >= 15 is 0 Å². The summed E-state index contributed by atoms with van der Waals surface area (Å²) in [5.74, 6) is 0. The molecule has 0 spiro atoms. The molecule has 0 aliphatic carbocycles. The van der Waals surface area contributed by atoms with Crippen LogP contribution in [-0.2, 0) is 0 Å². The second kappa shape index (κ2) is 3.06. The van der Waals surface area contributed by atoms with Crippen LogP contribution in [0.2, 0.25) is 0 Å². The van der Waals surface area contributed by atoms with Crippen molar-refractivity contribution in [1.29, 1.82) is 0 Å². The van der Waals surface area contributed by atoms with Crippen molar-refractivity contribution in [3.63, 3.8) is 0 Å². The van der Waals surface area contributed by atoms with Crippen LogP contribution < -0.4 is 5.43 Å². The Balaban J connectivity index is 1.92. The van der Waals surface area contributed by atoms with Crippen molar-refractivity contribution < 1.29 is 0 Å². The third-order valence-corrected chi connectivity index (χ3v) is 2.35. The molecule has 0 aromatic carbocycles. The lowest BCUT2D eigenvalue weighted by molar-refractivity contribution is -0.155. The smallest absolute Gasteiger partial charge is 0.0319 e. The highest BCUT2D eigenvalue weighted by molar-refractivity contribution is 4.65. The predicted molar refractivity (Wildman–Crippen MR) is 43.3 cm³/mol. The van der Waals surface area contributed by atoms with E-state index in [9.17, 15) is 0 Å². The average molecular weight is 156 g/mol. The lowest BCUT2D eigenvalue weighted by Gasteiger charge is -2.32. The Hall–Kier alpha value is -0.160. The molecule has 2 aliphatic heterocycles. The van der Waals surface area contributed by atoms with Crippen LogP contribution in [0.25, 0.3) is 0 Å². The van der Waals surface area contributed by atoms with Crippen LogP contribution in [0.4, 0.5) is 0 Å². The topological polar surface area (TPSA) is 21.8 Å². The lowest BCUT2D eigenvalue weighted by Crippen LogP contribution is -2.51. The molecule has 2 heterocycles. The van der Waals surface area contributed by atoms with Crippen LogP contribution >= 0.6 is 0 Å². The second-order valence-electron chi connectivity index (χ2n) is 3.22. The summed E-state index contributed by atoms with van der Waals surface area (Å²) < 4.78 is 0. The molecule has 11 heavy (non-hydrogen) atoms. The van der Waals surface area contributed by atoms with Crippen LogP contribution in [0.1, 0.15) is 12.8 Å². The zero-order chi connectivity index (χ0) is 7.68. The molecule has 64 valence electrons. The molecular weight excluding hydrogens is 140 g/mol. The minimum absolute atomic E-state index is 1.13. The van der Waals surface area contributed by atoms with E-state index in [1.165, 1.54) is 25.9 Å². The maximum Gasteiger partial charge on any atom is 0.0319 e. The van der Waals surface area contributed by atoms with Crippen molar-refractivity contribution in [1.82, 2.24) is 20.7 Å². The first-order chi connectivity index (χ1) is 5.38. The van der Waals surface area contributed by atoms with Gasteiger partial charge >= 0.3 is 0 Å². The fourth-order valence-electron chi connectivity index (χ4n) is 1.75. The monoisotopic (exact) mass is 156 g/mol. The molecule has 2 fully saturated rings. The molecule has 2 saturated heterocycles. The van der Waals surface area contributed by atoms with Gasteiger partial charge < -0.3 is 0 Å². The predicted octanol–water partition coefficient (Wildman–Crippen LogP) is -0.336. The summed E-state index contributed by atoms with van der Waals surface area (Å²) in [4.78, 5) is 0. The van der Waals surface area contributed by atoms with Crippen LogP contribution in [0.5, 0.6) is 0 Å². The Bertz CT molecular complexity index is 132. The van der Waals surface area contributed by atoms with Crippen LogP contribution in [0, 0.1) is 0 Å². The summed E-state index contributed by atoms with van der Waals surface area (Å²) in [6.45, 7) is 4.65. The van der Waals surface area contributed by atoms with E-state index in [-0.39, 0.29) is 0 Å². The van der Waals surface area contributed by atoms with Crippen LogP contribution in [0.15, 0.2) is 0 Å². The maximum absolute atomic E-state index is 3.35. The average Bonchev–Trinajstić information content (AvgIpc) is 2.55. The van der Waals surface area contributed by atoms with E-state index < -0.39 is 0 Å². The molecule has 2 aliphatic rings. The van der Waals surface area contributed by atoms with Crippen molar-refractivity contribution in [2.75, 3.05) is 33.2 Å². The molecule has 4 nitrogen and oxygen atoms in total. The van der Waals surface area contributed by atoms with Gasteiger partial charge in [-0.05, 0) is 12.8 Å². The normalized spacial score (nSPS) is 30.3. The second-order valence-corrected chi connectivity index (χ2v) is 3.22. The molecule has 0 radical (unpaired) electrons. The molecule has 2 rings (SSSR count). The lowest BCUT2D eigenvalue weighted by atomic mass is 10.5. The molecule has 0 aromatic heterocycles. The number of rotatable bonds is 1. The fraction of sp³-hybridized carbons (Fsp3) is 1.00. The van der Waals surface area contributed by atoms with Gasteiger partial charge in [0.25, 0.3) is 0 Å². The van der Waals surface area contributed by atoms with Gasteiger partial charge in [-0.1, -0.05) is 0 Å². The standard InChI is InChI=1S/C7H16N4/c1-9-5-3-7-11(9)10-6-2-4-8-10/h8H,2-7H2,1H3. The van der Waals surface area contributed by atoms with E-state index in [0.29, 0.717) is 0 Å². The Morgan fingerprint density at radius 3 is 2.55 bits per heavy atom. The molecule has 0 atom stereocenters. The molecular formula is C7H16N4. The molecule has 0 amide bonds. The quantitative estimate of drug-likeness (QED) is 0.561. The molecule has 0 bridgehead atoms. The number of hydrogen-bond acceptors (Lipinski definition) is 4. The minimum Gasteiger partial charge on any atom is -0.240 e. The van der Waals surface area contributed by atoms with Gasteiger partial charge in [0.1, 0.15) is 0 Å². The van der Waals surface area contributed by atoms with Crippen molar-refractivity contribution in [3.8, 4) is 0 Å². The summed E-state index contributed by atoms with van der Waals surface area (Å²) in [6.07, 6.45) is 2.55. The minimum atomic E-state index is 1.13. The largest absolute Gasteiger partial charge is 0.240 e. The maximum atomic E-state index is 3.35. The zero-order valence-corrected chi connectivity index (χ0v) is 7.08. The van der Waals surface area contributed by atoms with Crippen molar-refractivity contribution in [2.45, 2.75) is 12.8 Å². The molecule has 0 saturated carbocycles. The molecule has 0 unspecified atom stereocenters. The molecule has 1 N–H and O–H groups in total. The van der Waals surface area contributed by atoms with Crippen molar-refractivity contribution in [2.24, 2.45) is 0 Å². The van der Waals surface area contributed by atoms with Gasteiger partial charge in [-0.25, -0.2) is 10.4 Å². The van der Waals surface area contributed by atoms with Gasteiger partial charge in [0.15, 0.2) is 0 Å². The number of nitrogens with one attached hydrogen (secondary N) is 1. The Morgan fingerprint density at radius 1 is 1.09 bits per heavy atom. The van der Waals surface area contributed by atoms with Gasteiger partial charge in [-0.3, -0.25) is 0 Å². The van der Waals surface area contributed by atoms with Gasteiger partial charge in [0.2, 0.25) is 0 Å². The van der Waals surface area contributed by atoms with E-state index in [4.69, 9.17) is 0 Å². The fourth-order valence-corrected chi connectivity index (χ4v) is 1.75. The Labute approximate surface area is 67.7 Å². The van der Waals surface area contributed by atoms with E-state index in [2.05, 4.69) is 27.7 Å². The summed E-state index contributed by atoms with van der Waals surface area (Å²) in [6, 6.07) is 0. The first-order valence-corrected chi connectivity index (χ1v) is 4.37. The van der Waals surface area contributed by atoms with E-state index in [1.54, 1.807) is 0 Å². The van der Waals surface area contributed by atoms with Gasteiger partial charge in [0, 0.05) is 33.2 Å². The van der Waals surface area contributed by atoms with E-state index in [0.717, 1.165) is 13.1 Å². The third-order valence-electron chi connectivity index (χ3n) is 2.35. The Morgan fingerprint density at radius 2 is 2.00 bits per heavy atom. The molecule has 0 aromatic rings. The third kappa shape index (κ3) is 1.39. The van der Waals surface area contributed by atoms with Gasteiger partial charge in [-0.2, -0.15) is 10.2 Å². The van der Waals surface area contributed by atoms with Crippen molar-refractivity contribution >= 4 is 0 Å². The number of hydrogen-bond donors (Lipinski definition) is 1.